The molecule has 0 N–H and O–H groups in total. The van der Waals surface area contributed by atoms with Crippen LogP contribution in [-0.4, -0.2) is 6.61 Å². The van der Waals surface area contributed by atoms with Gasteiger partial charge in [-0.1, -0.05) is 36.4 Å². The van der Waals surface area contributed by atoms with Gasteiger partial charge in [-0.2, -0.15) is 22.0 Å². The van der Waals surface area contributed by atoms with Crippen LogP contribution in [0.4, 0.5) is 26.3 Å². The summed E-state index contributed by atoms with van der Waals surface area (Å²) in [5, 5.41) is 0. The van der Waals surface area contributed by atoms with E-state index in [1.807, 2.05) is 6.08 Å². The second kappa shape index (κ2) is 10.8. The van der Waals surface area contributed by atoms with Gasteiger partial charge in [0, 0.05) is 0 Å². The van der Waals surface area contributed by atoms with Gasteiger partial charge in [0.05, 0.1) is 17.7 Å². The summed E-state index contributed by atoms with van der Waals surface area (Å²) in [6, 6.07) is 8.51. The summed E-state index contributed by atoms with van der Waals surface area (Å²) in [7, 11) is 0. The first-order chi connectivity index (χ1) is 15.6. The highest BCUT2D eigenvalue weighted by Gasteiger charge is 2.35. The Bertz CT molecular complexity index is 911. The molecule has 0 bridgehead atoms. The Kier molecular flexibility index (Phi) is 8.27. The Hall–Kier alpha value is -2.28. The molecule has 1 nitrogen and oxygen atoms in total. The fourth-order valence-electron chi connectivity index (χ4n) is 4.41. The minimum atomic E-state index is -4.80. The fraction of sp³-hybridized carbons (Fsp3) is 0.462. The average Bonchev–Trinajstić information content (AvgIpc) is 2.77. The monoisotopic (exact) mass is 470 g/mol. The fourth-order valence-corrected chi connectivity index (χ4v) is 4.41. The largest absolute Gasteiger partial charge is 0.419 e. The third-order valence-electron chi connectivity index (χ3n) is 6.36. The molecule has 180 valence electrons. The number of alkyl halides is 5. The highest BCUT2D eigenvalue weighted by atomic mass is 19.4. The molecule has 0 heterocycles. The topological polar surface area (TPSA) is 9.23 Å². The van der Waals surface area contributed by atoms with Crippen molar-refractivity contribution in [2.45, 2.75) is 63.1 Å². The van der Waals surface area contributed by atoms with E-state index in [0.717, 1.165) is 50.2 Å². The summed E-state index contributed by atoms with van der Waals surface area (Å²) in [6.07, 6.45) is -0.0461. The normalized spacial score (nSPS) is 19.5. The molecule has 1 aliphatic carbocycles. The van der Waals surface area contributed by atoms with Crippen molar-refractivity contribution in [2.24, 2.45) is 5.92 Å². The molecule has 0 aromatic heterocycles. The molecular weight excluding hydrogens is 442 g/mol. The molecule has 7 heteroatoms. The van der Waals surface area contributed by atoms with Crippen LogP contribution in [0.25, 0.3) is 0 Å². The van der Waals surface area contributed by atoms with Crippen LogP contribution in [0.2, 0.25) is 0 Å². The lowest BCUT2D eigenvalue weighted by Crippen LogP contribution is -2.20. The zero-order valence-corrected chi connectivity index (χ0v) is 18.3. The van der Waals surface area contributed by atoms with Crippen LogP contribution >= 0.6 is 0 Å². The summed E-state index contributed by atoms with van der Waals surface area (Å²) in [5.74, 6) is -0.366. The van der Waals surface area contributed by atoms with Crippen molar-refractivity contribution in [2.75, 3.05) is 6.61 Å². The quantitative estimate of drug-likeness (QED) is 0.264. The van der Waals surface area contributed by atoms with E-state index < -0.39 is 30.3 Å². The van der Waals surface area contributed by atoms with Gasteiger partial charge >= 0.3 is 12.3 Å². The SMILES string of the molecule is C=CCCC1CCC(c2ccc(C(F)(F)OCCc3ccc(C(F)(F)F)c(F)c3)cc2)CC1. The van der Waals surface area contributed by atoms with Crippen LogP contribution in [0.15, 0.2) is 55.1 Å². The first-order valence-electron chi connectivity index (χ1n) is 11.2. The molecular formula is C26H28F6O. The molecule has 0 atom stereocenters. The molecule has 2 aromatic rings. The van der Waals surface area contributed by atoms with Crippen molar-refractivity contribution in [3.8, 4) is 0 Å². The van der Waals surface area contributed by atoms with E-state index in [9.17, 15) is 26.3 Å². The summed E-state index contributed by atoms with van der Waals surface area (Å²) < 4.78 is 85.1. The van der Waals surface area contributed by atoms with Gasteiger partial charge in [-0.25, -0.2) is 4.39 Å². The number of hydrogen-bond acceptors (Lipinski definition) is 1. The summed E-state index contributed by atoms with van der Waals surface area (Å²) in [4.78, 5) is 0. The molecule has 0 spiro atoms. The molecule has 0 saturated heterocycles. The molecule has 1 aliphatic rings. The minimum Gasteiger partial charge on any atom is -0.316 e. The van der Waals surface area contributed by atoms with Crippen LogP contribution in [0, 0.1) is 11.7 Å². The number of halogens is 6. The standard InChI is InChI=1S/C26H28F6O/c1-2-3-4-18-5-8-20(9-6-18)21-10-12-22(13-11-21)26(31,32)33-16-15-19-7-14-23(24(27)17-19)25(28,29)30/h2,7,10-14,17-18,20H,1,3-6,8-9,15-16H2. The predicted octanol–water partition coefficient (Wildman–Crippen LogP) is 8.39. The first kappa shape index (κ1) is 25.3. The number of ether oxygens (including phenoxy) is 1. The zero-order valence-electron chi connectivity index (χ0n) is 18.3. The highest BCUT2D eigenvalue weighted by molar-refractivity contribution is 5.28. The lowest BCUT2D eigenvalue weighted by Gasteiger charge is -2.29. The van der Waals surface area contributed by atoms with Crippen LogP contribution in [0.3, 0.4) is 0 Å². The average molecular weight is 470 g/mol. The molecule has 1 fully saturated rings. The highest BCUT2D eigenvalue weighted by Crippen LogP contribution is 2.39. The second-order valence-corrected chi connectivity index (χ2v) is 8.63. The van der Waals surface area contributed by atoms with Gasteiger partial charge in [-0.15, -0.1) is 6.58 Å². The zero-order chi connectivity index (χ0) is 24.1. The third kappa shape index (κ3) is 6.85. The number of allylic oxidation sites excluding steroid dienone is 1. The Morgan fingerprint density at radius 1 is 0.939 bits per heavy atom. The van der Waals surface area contributed by atoms with Gasteiger partial charge in [-0.05, 0) is 80.0 Å². The number of rotatable bonds is 9. The van der Waals surface area contributed by atoms with E-state index in [4.69, 9.17) is 4.74 Å². The van der Waals surface area contributed by atoms with E-state index in [2.05, 4.69) is 6.58 Å². The lowest BCUT2D eigenvalue weighted by molar-refractivity contribution is -0.248. The molecule has 0 aliphatic heterocycles. The summed E-state index contributed by atoms with van der Waals surface area (Å²) >= 11 is 0. The van der Waals surface area contributed by atoms with Crippen molar-refractivity contribution >= 4 is 0 Å². The van der Waals surface area contributed by atoms with Crippen LogP contribution < -0.4 is 0 Å². The smallest absolute Gasteiger partial charge is 0.316 e. The van der Waals surface area contributed by atoms with Gasteiger partial charge in [0.25, 0.3) is 0 Å². The van der Waals surface area contributed by atoms with Crippen molar-refractivity contribution in [3.63, 3.8) is 0 Å². The van der Waals surface area contributed by atoms with E-state index >= 15 is 0 Å². The maximum Gasteiger partial charge on any atom is 0.419 e. The molecule has 0 amide bonds. The third-order valence-corrected chi connectivity index (χ3v) is 6.36. The number of benzene rings is 2. The second-order valence-electron chi connectivity index (χ2n) is 8.63. The van der Waals surface area contributed by atoms with Gasteiger partial charge in [-0.3, -0.25) is 0 Å². The van der Waals surface area contributed by atoms with Crippen molar-refractivity contribution < 1.29 is 31.1 Å². The lowest BCUT2D eigenvalue weighted by atomic mass is 9.77. The maximum atomic E-state index is 14.4. The molecule has 0 radical (unpaired) electrons. The van der Waals surface area contributed by atoms with E-state index in [-0.39, 0.29) is 17.5 Å². The van der Waals surface area contributed by atoms with Gasteiger partial charge < -0.3 is 4.74 Å². The Labute approximate surface area is 190 Å². The van der Waals surface area contributed by atoms with E-state index in [1.54, 1.807) is 12.1 Å². The Balaban J connectivity index is 1.52. The molecule has 1 saturated carbocycles. The number of hydrogen-bond donors (Lipinski definition) is 0. The summed E-state index contributed by atoms with van der Waals surface area (Å²) in [5.41, 5.74) is -0.486. The molecule has 2 aromatic carbocycles. The van der Waals surface area contributed by atoms with Crippen LogP contribution in [0.5, 0.6) is 0 Å². The Morgan fingerprint density at radius 2 is 1.61 bits per heavy atom. The van der Waals surface area contributed by atoms with Crippen LogP contribution in [0.1, 0.15) is 66.7 Å². The van der Waals surface area contributed by atoms with Crippen molar-refractivity contribution in [3.05, 3.63) is 83.2 Å². The van der Waals surface area contributed by atoms with E-state index in [1.165, 1.54) is 12.1 Å². The van der Waals surface area contributed by atoms with Crippen molar-refractivity contribution in [1.29, 1.82) is 0 Å². The maximum absolute atomic E-state index is 14.4. The van der Waals surface area contributed by atoms with Gasteiger partial charge in [0.1, 0.15) is 5.82 Å². The predicted molar refractivity (Wildman–Crippen MR) is 116 cm³/mol. The first-order valence-corrected chi connectivity index (χ1v) is 11.2. The molecule has 0 unspecified atom stereocenters. The van der Waals surface area contributed by atoms with E-state index in [0.29, 0.717) is 24.0 Å². The summed E-state index contributed by atoms with van der Waals surface area (Å²) in [6.45, 7) is 3.30. The molecule has 33 heavy (non-hydrogen) atoms. The van der Waals surface area contributed by atoms with Crippen LogP contribution in [-0.2, 0) is 23.4 Å². The minimum absolute atomic E-state index is 0.141. The Morgan fingerprint density at radius 3 is 2.18 bits per heavy atom. The molecule has 3 rings (SSSR count). The van der Waals surface area contributed by atoms with Gasteiger partial charge in [0.15, 0.2) is 0 Å². The van der Waals surface area contributed by atoms with Gasteiger partial charge in [0.2, 0.25) is 0 Å². The van der Waals surface area contributed by atoms with Crippen molar-refractivity contribution in [1.82, 2.24) is 0 Å².